The van der Waals surface area contributed by atoms with Gasteiger partial charge in [-0.2, -0.15) is 0 Å². The van der Waals surface area contributed by atoms with E-state index in [2.05, 4.69) is 18.8 Å². The Hall–Kier alpha value is -1.61. The number of halogens is 1. The predicted molar refractivity (Wildman–Crippen MR) is 83.2 cm³/mol. The van der Waals surface area contributed by atoms with Crippen LogP contribution in [0.1, 0.15) is 37.2 Å². The largest absolute Gasteiger partial charge is 0.337 e. The number of fused-ring (bicyclic) bond motifs is 1. The van der Waals surface area contributed by atoms with Gasteiger partial charge in [-0.3, -0.25) is 4.79 Å². The van der Waals surface area contributed by atoms with Crippen molar-refractivity contribution in [3.05, 3.63) is 41.0 Å². The number of aromatic nitrogens is 1. The summed E-state index contributed by atoms with van der Waals surface area (Å²) in [6.07, 6.45) is 1.88. The van der Waals surface area contributed by atoms with Crippen LogP contribution >= 0.6 is 11.6 Å². The highest BCUT2D eigenvalue weighted by molar-refractivity contribution is 6.35. The van der Waals surface area contributed by atoms with E-state index in [1.807, 2.05) is 29.2 Å². The minimum atomic E-state index is -0.0404. The molecule has 0 saturated heterocycles. The molecule has 0 fully saturated rings. The molecule has 0 aliphatic rings. The van der Waals surface area contributed by atoms with Crippen LogP contribution in [0, 0.1) is 0 Å². The van der Waals surface area contributed by atoms with Gasteiger partial charge in [-0.1, -0.05) is 43.6 Å². The summed E-state index contributed by atoms with van der Waals surface area (Å²) in [4.78, 5) is 18.8. The van der Waals surface area contributed by atoms with Crippen LogP contribution in [0.15, 0.2) is 30.3 Å². The molecule has 2 rings (SSSR count). The van der Waals surface area contributed by atoms with E-state index in [1.165, 1.54) is 0 Å². The number of pyridine rings is 1. The average Bonchev–Trinajstić information content (AvgIpc) is 2.46. The fraction of sp³-hybridized carbons (Fsp3) is 0.375. The smallest absolute Gasteiger partial charge is 0.272 e. The van der Waals surface area contributed by atoms with Crippen LogP contribution in [-0.2, 0) is 0 Å². The maximum absolute atomic E-state index is 12.5. The Bertz CT molecular complexity index is 606. The van der Waals surface area contributed by atoms with Crippen molar-refractivity contribution in [2.45, 2.75) is 26.7 Å². The molecule has 0 aliphatic heterocycles. The van der Waals surface area contributed by atoms with Gasteiger partial charge in [-0.05, 0) is 25.0 Å². The van der Waals surface area contributed by atoms with E-state index >= 15 is 0 Å². The fourth-order valence-corrected chi connectivity index (χ4v) is 2.52. The second kappa shape index (κ2) is 6.71. The molecule has 0 atom stereocenters. The Morgan fingerprint density at radius 2 is 1.85 bits per heavy atom. The van der Waals surface area contributed by atoms with Crippen LogP contribution in [0.3, 0.4) is 0 Å². The molecule has 106 valence electrons. The van der Waals surface area contributed by atoms with Crippen molar-refractivity contribution in [2.24, 2.45) is 0 Å². The Morgan fingerprint density at radius 1 is 1.20 bits per heavy atom. The van der Waals surface area contributed by atoms with Crippen LogP contribution in [-0.4, -0.2) is 28.9 Å². The lowest BCUT2D eigenvalue weighted by Gasteiger charge is -2.21. The van der Waals surface area contributed by atoms with Crippen molar-refractivity contribution in [1.82, 2.24) is 9.88 Å². The van der Waals surface area contributed by atoms with Crippen LogP contribution < -0.4 is 0 Å². The number of hydrogen-bond acceptors (Lipinski definition) is 2. The molecule has 0 spiro atoms. The number of nitrogens with zero attached hydrogens (tertiary/aromatic N) is 2. The van der Waals surface area contributed by atoms with Gasteiger partial charge in [-0.15, -0.1) is 0 Å². The summed E-state index contributed by atoms with van der Waals surface area (Å²) in [5, 5.41) is 1.45. The Labute approximate surface area is 124 Å². The summed E-state index contributed by atoms with van der Waals surface area (Å²) >= 11 is 6.25. The Kier molecular flexibility index (Phi) is 4.96. The lowest BCUT2D eigenvalue weighted by atomic mass is 10.2. The third kappa shape index (κ3) is 3.10. The van der Waals surface area contributed by atoms with Crippen molar-refractivity contribution >= 4 is 28.4 Å². The van der Waals surface area contributed by atoms with Crippen molar-refractivity contribution in [1.29, 1.82) is 0 Å². The van der Waals surface area contributed by atoms with Crippen LogP contribution in [0.4, 0.5) is 0 Å². The van der Waals surface area contributed by atoms with E-state index in [-0.39, 0.29) is 5.91 Å². The SMILES string of the molecule is CCCN(CCC)C(=O)c1cc(Cl)c2ccccc2n1. The van der Waals surface area contributed by atoms with Gasteiger partial charge in [0, 0.05) is 18.5 Å². The maximum atomic E-state index is 12.5. The number of carbonyl (C=O) groups excluding carboxylic acids is 1. The quantitative estimate of drug-likeness (QED) is 0.829. The average molecular weight is 291 g/mol. The molecule has 0 saturated carbocycles. The van der Waals surface area contributed by atoms with Crippen molar-refractivity contribution in [3.63, 3.8) is 0 Å². The molecule has 1 amide bonds. The van der Waals surface area contributed by atoms with E-state index in [9.17, 15) is 4.79 Å². The van der Waals surface area contributed by atoms with Crippen molar-refractivity contribution in [3.8, 4) is 0 Å². The molecule has 2 aromatic rings. The van der Waals surface area contributed by atoms with E-state index in [0.29, 0.717) is 10.7 Å². The van der Waals surface area contributed by atoms with Gasteiger partial charge < -0.3 is 4.90 Å². The number of para-hydroxylation sites is 1. The topological polar surface area (TPSA) is 33.2 Å². The first kappa shape index (κ1) is 14.8. The monoisotopic (exact) mass is 290 g/mol. The van der Waals surface area contributed by atoms with Gasteiger partial charge in [0.15, 0.2) is 0 Å². The van der Waals surface area contributed by atoms with Crippen LogP contribution in [0.25, 0.3) is 10.9 Å². The molecule has 0 unspecified atom stereocenters. The lowest BCUT2D eigenvalue weighted by molar-refractivity contribution is 0.0750. The first-order valence-corrected chi connectivity index (χ1v) is 7.39. The molecule has 4 heteroatoms. The molecule has 1 aromatic heterocycles. The Balaban J connectivity index is 2.38. The fourth-order valence-electron chi connectivity index (χ4n) is 2.26. The zero-order valence-electron chi connectivity index (χ0n) is 11.9. The second-order valence-corrected chi connectivity index (χ2v) is 5.21. The summed E-state index contributed by atoms with van der Waals surface area (Å²) in [6, 6.07) is 9.27. The number of hydrogen-bond donors (Lipinski definition) is 0. The van der Waals surface area contributed by atoms with E-state index in [0.717, 1.165) is 36.8 Å². The van der Waals surface area contributed by atoms with Crippen LogP contribution in [0.2, 0.25) is 5.02 Å². The van der Waals surface area contributed by atoms with E-state index < -0.39 is 0 Å². The highest BCUT2D eigenvalue weighted by Crippen LogP contribution is 2.23. The number of carbonyl (C=O) groups is 1. The van der Waals surface area contributed by atoms with Gasteiger partial charge in [0.05, 0.1) is 10.5 Å². The molecule has 3 nitrogen and oxygen atoms in total. The maximum Gasteiger partial charge on any atom is 0.272 e. The van der Waals surface area contributed by atoms with Gasteiger partial charge >= 0.3 is 0 Å². The summed E-state index contributed by atoms with van der Waals surface area (Å²) in [5.41, 5.74) is 1.19. The normalized spacial score (nSPS) is 10.8. The molecule has 0 bridgehead atoms. The first-order valence-electron chi connectivity index (χ1n) is 7.02. The summed E-state index contributed by atoms with van der Waals surface area (Å²) in [6.45, 7) is 5.63. The number of rotatable bonds is 5. The molecule has 20 heavy (non-hydrogen) atoms. The summed E-state index contributed by atoms with van der Waals surface area (Å²) < 4.78 is 0. The highest BCUT2D eigenvalue weighted by Gasteiger charge is 2.17. The molecular weight excluding hydrogens is 272 g/mol. The molecule has 1 aromatic carbocycles. The number of benzene rings is 1. The van der Waals surface area contributed by atoms with Crippen LogP contribution in [0.5, 0.6) is 0 Å². The second-order valence-electron chi connectivity index (χ2n) is 4.80. The van der Waals surface area contributed by atoms with Gasteiger partial charge in [0.2, 0.25) is 0 Å². The number of amides is 1. The minimum Gasteiger partial charge on any atom is -0.337 e. The molecule has 0 N–H and O–H groups in total. The van der Waals surface area contributed by atoms with Crippen molar-refractivity contribution in [2.75, 3.05) is 13.1 Å². The van der Waals surface area contributed by atoms with Gasteiger partial charge in [0.1, 0.15) is 5.69 Å². The summed E-state index contributed by atoms with van der Waals surface area (Å²) in [5.74, 6) is -0.0404. The van der Waals surface area contributed by atoms with E-state index in [4.69, 9.17) is 11.6 Å². The summed E-state index contributed by atoms with van der Waals surface area (Å²) in [7, 11) is 0. The third-order valence-electron chi connectivity index (χ3n) is 3.16. The molecule has 0 radical (unpaired) electrons. The zero-order chi connectivity index (χ0) is 14.5. The molecular formula is C16H19ClN2O. The highest BCUT2D eigenvalue weighted by atomic mass is 35.5. The third-order valence-corrected chi connectivity index (χ3v) is 3.47. The first-order chi connectivity index (χ1) is 9.67. The van der Waals surface area contributed by atoms with Gasteiger partial charge in [0.25, 0.3) is 5.91 Å². The standard InChI is InChI=1S/C16H19ClN2O/c1-3-9-19(10-4-2)16(20)15-11-13(17)12-7-5-6-8-14(12)18-15/h5-8,11H,3-4,9-10H2,1-2H3. The van der Waals surface area contributed by atoms with Gasteiger partial charge in [-0.25, -0.2) is 4.98 Å². The lowest BCUT2D eigenvalue weighted by Crippen LogP contribution is -2.33. The Morgan fingerprint density at radius 3 is 2.50 bits per heavy atom. The van der Waals surface area contributed by atoms with E-state index in [1.54, 1.807) is 6.07 Å². The zero-order valence-corrected chi connectivity index (χ0v) is 12.7. The minimum absolute atomic E-state index is 0.0404. The van der Waals surface area contributed by atoms with Crippen molar-refractivity contribution < 1.29 is 4.79 Å². The molecule has 1 heterocycles. The molecule has 0 aliphatic carbocycles. The predicted octanol–water partition coefficient (Wildman–Crippen LogP) is 4.15.